The van der Waals surface area contributed by atoms with Crippen LogP contribution in [0.2, 0.25) is 0 Å². The molecule has 0 aliphatic heterocycles. The Morgan fingerprint density at radius 2 is 2.17 bits per heavy atom. The molecular formula is C13H14N2O3. The first-order valence-electron chi connectivity index (χ1n) is 5.65. The first-order chi connectivity index (χ1) is 8.68. The second-order valence-corrected chi connectivity index (χ2v) is 3.99. The molecule has 5 nitrogen and oxygen atoms in total. The molecule has 5 heteroatoms. The fraction of sp³-hybridized carbons (Fsp3) is 0.231. The summed E-state index contributed by atoms with van der Waals surface area (Å²) in [6, 6.07) is 9.27. The molecule has 1 unspecified atom stereocenters. The SMILES string of the molecule is CC(O)CNC(=O)c1cnoc1-c1ccccc1. The fourth-order valence-corrected chi connectivity index (χ4v) is 1.53. The number of aliphatic hydroxyl groups is 1. The molecule has 0 spiro atoms. The van der Waals surface area contributed by atoms with Gasteiger partial charge in [0.15, 0.2) is 5.76 Å². The molecule has 0 bridgehead atoms. The van der Waals surface area contributed by atoms with Crippen molar-refractivity contribution in [3.8, 4) is 11.3 Å². The fourth-order valence-electron chi connectivity index (χ4n) is 1.53. The molecule has 0 aliphatic carbocycles. The number of benzene rings is 1. The Balaban J connectivity index is 2.20. The lowest BCUT2D eigenvalue weighted by atomic mass is 10.1. The van der Waals surface area contributed by atoms with Gasteiger partial charge in [-0.25, -0.2) is 0 Å². The Labute approximate surface area is 104 Å². The maximum absolute atomic E-state index is 11.9. The third-order valence-corrected chi connectivity index (χ3v) is 2.41. The van der Waals surface area contributed by atoms with Gasteiger partial charge < -0.3 is 14.9 Å². The molecule has 0 fully saturated rings. The van der Waals surface area contributed by atoms with E-state index < -0.39 is 6.10 Å². The smallest absolute Gasteiger partial charge is 0.256 e. The van der Waals surface area contributed by atoms with E-state index in [1.807, 2.05) is 30.3 Å². The topological polar surface area (TPSA) is 75.4 Å². The Morgan fingerprint density at radius 1 is 1.44 bits per heavy atom. The number of aromatic nitrogens is 1. The average Bonchev–Trinajstić information content (AvgIpc) is 2.86. The van der Waals surface area contributed by atoms with Crippen LogP contribution in [0, 0.1) is 0 Å². The van der Waals surface area contributed by atoms with Gasteiger partial charge in [-0.1, -0.05) is 35.5 Å². The van der Waals surface area contributed by atoms with Gasteiger partial charge in [0.25, 0.3) is 5.91 Å². The van der Waals surface area contributed by atoms with Crippen molar-refractivity contribution in [2.75, 3.05) is 6.54 Å². The van der Waals surface area contributed by atoms with E-state index in [-0.39, 0.29) is 12.5 Å². The summed E-state index contributed by atoms with van der Waals surface area (Å²) in [6.07, 6.45) is 0.786. The van der Waals surface area contributed by atoms with Crippen LogP contribution in [0.5, 0.6) is 0 Å². The molecule has 2 rings (SSSR count). The first kappa shape index (κ1) is 12.3. The number of amides is 1. The highest BCUT2D eigenvalue weighted by Crippen LogP contribution is 2.22. The van der Waals surface area contributed by atoms with Crippen LogP contribution in [0.4, 0.5) is 0 Å². The van der Waals surface area contributed by atoms with Crippen LogP contribution in [0.15, 0.2) is 41.1 Å². The monoisotopic (exact) mass is 246 g/mol. The van der Waals surface area contributed by atoms with Gasteiger partial charge >= 0.3 is 0 Å². The van der Waals surface area contributed by atoms with Crippen LogP contribution in [-0.2, 0) is 0 Å². The number of hydrogen-bond acceptors (Lipinski definition) is 4. The van der Waals surface area contributed by atoms with Crippen molar-refractivity contribution in [2.45, 2.75) is 13.0 Å². The van der Waals surface area contributed by atoms with Crippen molar-refractivity contribution in [1.82, 2.24) is 10.5 Å². The minimum atomic E-state index is -0.589. The van der Waals surface area contributed by atoms with E-state index in [1.165, 1.54) is 6.20 Å². The minimum Gasteiger partial charge on any atom is -0.392 e. The number of carbonyl (C=O) groups excluding carboxylic acids is 1. The zero-order valence-corrected chi connectivity index (χ0v) is 9.96. The zero-order valence-electron chi connectivity index (χ0n) is 9.96. The number of hydrogen-bond donors (Lipinski definition) is 2. The summed E-state index contributed by atoms with van der Waals surface area (Å²) < 4.78 is 5.11. The molecule has 0 aliphatic rings. The minimum absolute atomic E-state index is 0.193. The van der Waals surface area contributed by atoms with Gasteiger partial charge in [-0.2, -0.15) is 0 Å². The highest BCUT2D eigenvalue weighted by molar-refractivity contribution is 5.99. The molecule has 2 N–H and O–H groups in total. The standard InChI is InChI=1S/C13H14N2O3/c1-9(16)7-14-13(17)11-8-15-18-12(11)10-5-3-2-4-6-10/h2-6,8-9,16H,7H2,1H3,(H,14,17). The molecule has 1 amide bonds. The summed E-state index contributed by atoms with van der Waals surface area (Å²) in [5.74, 6) is 0.120. The molecule has 1 atom stereocenters. The summed E-state index contributed by atoms with van der Waals surface area (Å²) in [4.78, 5) is 11.9. The van der Waals surface area contributed by atoms with E-state index in [9.17, 15) is 4.79 Å². The Kier molecular flexibility index (Phi) is 3.74. The van der Waals surface area contributed by atoms with Crippen molar-refractivity contribution in [1.29, 1.82) is 0 Å². The van der Waals surface area contributed by atoms with Crippen LogP contribution >= 0.6 is 0 Å². The zero-order chi connectivity index (χ0) is 13.0. The van der Waals surface area contributed by atoms with Crippen molar-refractivity contribution < 1.29 is 14.4 Å². The molecule has 1 heterocycles. The van der Waals surface area contributed by atoms with Crippen molar-refractivity contribution in [2.24, 2.45) is 0 Å². The lowest BCUT2D eigenvalue weighted by Crippen LogP contribution is -2.30. The third kappa shape index (κ3) is 2.75. The lowest BCUT2D eigenvalue weighted by molar-refractivity contribution is 0.0924. The number of nitrogens with zero attached hydrogens (tertiary/aromatic N) is 1. The average molecular weight is 246 g/mol. The quantitative estimate of drug-likeness (QED) is 0.856. The van der Waals surface area contributed by atoms with Crippen LogP contribution in [0.1, 0.15) is 17.3 Å². The highest BCUT2D eigenvalue weighted by atomic mass is 16.5. The summed E-state index contributed by atoms with van der Waals surface area (Å²) >= 11 is 0. The van der Waals surface area contributed by atoms with Crippen molar-refractivity contribution in [3.63, 3.8) is 0 Å². The molecule has 2 aromatic rings. The van der Waals surface area contributed by atoms with E-state index >= 15 is 0 Å². The summed E-state index contributed by atoms with van der Waals surface area (Å²) in [5.41, 5.74) is 1.15. The predicted octanol–water partition coefficient (Wildman–Crippen LogP) is 1.45. The molecule has 94 valence electrons. The van der Waals surface area contributed by atoms with Gasteiger partial charge in [0.1, 0.15) is 5.56 Å². The van der Waals surface area contributed by atoms with Gasteiger partial charge in [0.05, 0.1) is 12.3 Å². The maximum Gasteiger partial charge on any atom is 0.256 e. The normalized spacial score (nSPS) is 12.1. The molecule has 18 heavy (non-hydrogen) atoms. The van der Waals surface area contributed by atoms with Gasteiger partial charge in [0, 0.05) is 12.1 Å². The number of rotatable bonds is 4. The molecule has 1 aromatic carbocycles. The van der Waals surface area contributed by atoms with Gasteiger partial charge in [-0.15, -0.1) is 0 Å². The molecular weight excluding hydrogens is 232 g/mol. The van der Waals surface area contributed by atoms with E-state index in [0.29, 0.717) is 11.3 Å². The van der Waals surface area contributed by atoms with Crippen molar-refractivity contribution >= 4 is 5.91 Å². The van der Waals surface area contributed by atoms with E-state index in [4.69, 9.17) is 9.63 Å². The van der Waals surface area contributed by atoms with E-state index in [0.717, 1.165) is 5.56 Å². The Morgan fingerprint density at radius 3 is 2.83 bits per heavy atom. The Bertz CT molecular complexity index is 520. The number of carbonyl (C=O) groups is 1. The van der Waals surface area contributed by atoms with Crippen LogP contribution < -0.4 is 5.32 Å². The molecule has 0 saturated heterocycles. The second-order valence-electron chi connectivity index (χ2n) is 3.99. The summed E-state index contributed by atoms with van der Waals surface area (Å²) in [5, 5.41) is 15.4. The second kappa shape index (κ2) is 5.46. The maximum atomic E-state index is 11.9. The summed E-state index contributed by atoms with van der Waals surface area (Å²) in [7, 11) is 0. The molecule has 0 saturated carbocycles. The van der Waals surface area contributed by atoms with Gasteiger partial charge in [-0.05, 0) is 6.92 Å². The van der Waals surface area contributed by atoms with Gasteiger partial charge in [-0.3, -0.25) is 4.79 Å². The molecule has 0 radical (unpaired) electrons. The highest BCUT2D eigenvalue weighted by Gasteiger charge is 2.17. The summed E-state index contributed by atoms with van der Waals surface area (Å²) in [6.45, 7) is 1.80. The van der Waals surface area contributed by atoms with Crippen LogP contribution in [0.3, 0.4) is 0 Å². The predicted molar refractivity (Wildman–Crippen MR) is 66.0 cm³/mol. The first-order valence-corrected chi connectivity index (χ1v) is 5.65. The van der Waals surface area contributed by atoms with Crippen LogP contribution in [-0.4, -0.2) is 28.8 Å². The molecule has 1 aromatic heterocycles. The number of nitrogens with one attached hydrogen (secondary N) is 1. The lowest BCUT2D eigenvalue weighted by Gasteiger charge is -2.06. The van der Waals surface area contributed by atoms with Crippen LogP contribution in [0.25, 0.3) is 11.3 Å². The van der Waals surface area contributed by atoms with E-state index in [1.54, 1.807) is 6.92 Å². The Hall–Kier alpha value is -2.14. The van der Waals surface area contributed by atoms with Crippen molar-refractivity contribution in [3.05, 3.63) is 42.1 Å². The largest absolute Gasteiger partial charge is 0.392 e. The van der Waals surface area contributed by atoms with Gasteiger partial charge in [0.2, 0.25) is 0 Å². The third-order valence-electron chi connectivity index (χ3n) is 2.41. The van der Waals surface area contributed by atoms with E-state index in [2.05, 4.69) is 10.5 Å². The number of aliphatic hydroxyl groups excluding tert-OH is 1.